The Morgan fingerprint density at radius 3 is 2.56 bits per heavy atom. The van der Waals surface area contributed by atoms with E-state index in [1.165, 1.54) is 24.3 Å². The largest absolute Gasteiger partial charge is 0.530 e. The summed E-state index contributed by atoms with van der Waals surface area (Å²) in [4.78, 5) is 10.1. The van der Waals surface area contributed by atoms with E-state index < -0.39 is 18.8 Å². The predicted molar refractivity (Wildman–Crippen MR) is 92.2 cm³/mol. The fraction of sp³-hybridized carbons (Fsp3) is 0.200. The summed E-state index contributed by atoms with van der Waals surface area (Å²) in [6.45, 7) is 0.147. The minimum Gasteiger partial charge on any atom is -0.404 e. The number of nitrogens with zero attached hydrogens (tertiary/aromatic N) is 1. The molecule has 7 nitrogen and oxygen atoms in total. The van der Waals surface area contributed by atoms with Crippen LogP contribution in [-0.2, 0) is 13.6 Å². The molecule has 0 aromatic heterocycles. The van der Waals surface area contributed by atoms with Crippen LogP contribution < -0.4 is 4.52 Å². The van der Waals surface area contributed by atoms with E-state index in [9.17, 15) is 14.7 Å². The van der Waals surface area contributed by atoms with Gasteiger partial charge in [0.1, 0.15) is 5.75 Å². The van der Waals surface area contributed by atoms with Crippen molar-refractivity contribution >= 4 is 36.7 Å². The molecular formula is C15H12Cl2NO6P. The van der Waals surface area contributed by atoms with Gasteiger partial charge in [0.15, 0.2) is 0 Å². The maximum atomic E-state index is 12.7. The van der Waals surface area contributed by atoms with Gasteiger partial charge in [-0.1, -0.05) is 29.3 Å². The van der Waals surface area contributed by atoms with Crippen molar-refractivity contribution in [2.45, 2.75) is 12.5 Å². The highest BCUT2D eigenvalue weighted by atomic mass is 35.5. The Kier molecular flexibility index (Phi) is 5.32. The summed E-state index contributed by atoms with van der Waals surface area (Å²) >= 11 is 12.0. The van der Waals surface area contributed by atoms with Gasteiger partial charge in [0.05, 0.1) is 17.6 Å². The summed E-state index contributed by atoms with van der Waals surface area (Å²) in [6, 6.07) is 10.0. The Morgan fingerprint density at radius 2 is 1.92 bits per heavy atom. The number of rotatable bonds is 4. The lowest BCUT2D eigenvalue weighted by molar-refractivity contribution is -0.384. The van der Waals surface area contributed by atoms with Gasteiger partial charge >= 0.3 is 7.82 Å². The predicted octanol–water partition coefficient (Wildman–Crippen LogP) is 5.57. The van der Waals surface area contributed by atoms with Crippen molar-refractivity contribution in [3.63, 3.8) is 0 Å². The van der Waals surface area contributed by atoms with Crippen molar-refractivity contribution in [3.05, 3.63) is 68.2 Å². The average Bonchev–Trinajstić information content (AvgIpc) is 2.55. The first-order chi connectivity index (χ1) is 11.9. The van der Waals surface area contributed by atoms with Gasteiger partial charge in [-0.2, -0.15) is 0 Å². The normalized spacial score (nSPS) is 23.2. The highest BCUT2D eigenvalue weighted by molar-refractivity contribution is 7.49. The van der Waals surface area contributed by atoms with Crippen LogP contribution in [-0.4, -0.2) is 11.5 Å². The zero-order chi connectivity index (χ0) is 18.0. The molecule has 2 aromatic carbocycles. The molecule has 0 amide bonds. The van der Waals surface area contributed by atoms with Crippen molar-refractivity contribution in [3.8, 4) is 5.75 Å². The second kappa shape index (κ2) is 7.32. The first-order valence-corrected chi connectivity index (χ1v) is 9.40. The van der Waals surface area contributed by atoms with E-state index in [-0.39, 0.29) is 18.0 Å². The van der Waals surface area contributed by atoms with Crippen LogP contribution in [0.4, 0.5) is 5.69 Å². The van der Waals surface area contributed by atoms with E-state index in [1.54, 1.807) is 18.2 Å². The summed E-state index contributed by atoms with van der Waals surface area (Å²) < 4.78 is 28.7. The molecule has 0 radical (unpaired) electrons. The average molecular weight is 404 g/mol. The van der Waals surface area contributed by atoms with Crippen LogP contribution in [0.15, 0.2) is 42.5 Å². The molecule has 1 aliphatic heterocycles. The molecule has 10 heteroatoms. The fourth-order valence-corrected chi connectivity index (χ4v) is 4.22. The van der Waals surface area contributed by atoms with E-state index >= 15 is 0 Å². The SMILES string of the molecule is O=[N+]([O-])c1ccc(OP2(=O)OCC[C@H](c3ccc(Cl)cc3Cl)O2)cc1. The van der Waals surface area contributed by atoms with Gasteiger partial charge in [-0.15, -0.1) is 0 Å². The number of benzene rings is 2. The molecule has 0 aliphatic carbocycles. The van der Waals surface area contributed by atoms with Crippen LogP contribution >= 0.6 is 31.0 Å². The molecule has 3 rings (SSSR count). The molecule has 132 valence electrons. The van der Waals surface area contributed by atoms with E-state index in [0.717, 1.165) is 0 Å². The van der Waals surface area contributed by atoms with Crippen LogP contribution in [0.3, 0.4) is 0 Å². The van der Waals surface area contributed by atoms with E-state index in [0.29, 0.717) is 22.0 Å². The Hall–Kier alpha value is -1.63. The van der Waals surface area contributed by atoms with Gasteiger partial charge in [0.2, 0.25) is 0 Å². The van der Waals surface area contributed by atoms with Gasteiger partial charge in [-0.3, -0.25) is 19.2 Å². The lowest BCUT2D eigenvalue weighted by Crippen LogP contribution is -2.16. The van der Waals surface area contributed by atoms with Crippen LogP contribution in [0.2, 0.25) is 10.0 Å². The molecule has 0 saturated carbocycles. The van der Waals surface area contributed by atoms with Gasteiger partial charge in [0, 0.05) is 34.2 Å². The first-order valence-electron chi connectivity index (χ1n) is 7.18. The molecule has 1 heterocycles. The van der Waals surface area contributed by atoms with Crippen LogP contribution in [0.25, 0.3) is 0 Å². The second-order valence-electron chi connectivity index (χ2n) is 5.17. The molecule has 2 aromatic rings. The molecule has 1 saturated heterocycles. The third-order valence-corrected chi connectivity index (χ3v) is 5.47. The molecule has 1 aliphatic rings. The Morgan fingerprint density at radius 1 is 1.20 bits per heavy atom. The Labute approximate surface area is 153 Å². The minimum absolute atomic E-state index is 0.109. The van der Waals surface area contributed by atoms with E-state index in [1.807, 2.05) is 0 Å². The molecule has 2 atom stereocenters. The second-order valence-corrected chi connectivity index (χ2v) is 7.56. The first kappa shape index (κ1) is 18.2. The molecule has 25 heavy (non-hydrogen) atoms. The molecular weight excluding hydrogens is 392 g/mol. The Balaban J connectivity index is 1.77. The minimum atomic E-state index is -3.89. The van der Waals surface area contributed by atoms with E-state index in [2.05, 4.69) is 0 Å². The lowest BCUT2D eigenvalue weighted by atomic mass is 10.1. The molecule has 1 unspecified atom stereocenters. The maximum absolute atomic E-state index is 12.7. The number of phosphoric ester groups is 1. The van der Waals surface area contributed by atoms with Gasteiger partial charge in [-0.05, 0) is 24.3 Å². The highest BCUT2D eigenvalue weighted by Gasteiger charge is 2.38. The number of halogens is 2. The number of nitro groups is 1. The van der Waals surface area contributed by atoms with Crippen LogP contribution in [0.1, 0.15) is 18.1 Å². The topological polar surface area (TPSA) is 87.9 Å². The van der Waals surface area contributed by atoms with Crippen LogP contribution in [0, 0.1) is 10.1 Å². The number of nitro benzene ring substituents is 1. The standard InChI is InChI=1S/C15H12Cl2NO6P/c16-10-1-6-13(14(17)9-10)15-7-8-22-25(21,24-15)23-12-4-2-11(3-5-12)18(19)20/h1-6,9,15H,7-8H2/t15-,25?/m1/s1. The number of non-ortho nitro benzene ring substituents is 1. The summed E-state index contributed by atoms with van der Waals surface area (Å²) in [5.41, 5.74) is 0.517. The van der Waals surface area contributed by atoms with Crippen molar-refractivity contribution in [1.82, 2.24) is 0 Å². The molecule has 0 N–H and O–H groups in total. The Bertz CT molecular complexity index is 844. The summed E-state index contributed by atoms with van der Waals surface area (Å²) in [6.07, 6.45) is -0.142. The number of hydrogen-bond acceptors (Lipinski definition) is 6. The lowest BCUT2D eigenvalue weighted by Gasteiger charge is -2.29. The highest BCUT2D eigenvalue weighted by Crippen LogP contribution is 2.57. The van der Waals surface area contributed by atoms with Crippen molar-refractivity contribution < 1.29 is 23.1 Å². The van der Waals surface area contributed by atoms with E-state index in [4.69, 9.17) is 36.8 Å². The summed E-state index contributed by atoms with van der Waals surface area (Å²) in [5, 5.41) is 11.5. The molecule has 0 bridgehead atoms. The monoisotopic (exact) mass is 403 g/mol. The quantitative estimate of drug-likeness (QED) is 0.376. The van der Waals surface area contributed by atoms with Gasteiger partial charge < -0.3 is 4.52 Å². The third kappa shape index (κ3) is 4.32. The zero-order valence-corrected chi connectivity index (χ0v) is 15.0. The fourth-order valence-electron chi connectivity index (χ4n) is 2.29. The van der Waals surface area contributed by atoms with Crippen molar-refractivity contribution in [1.29, 1.82) is 0 Å². The smallest absolute Gasteiger partial charge is 0.404 e. The van der Waals surface area contributed by atoms with Crippen molar-refractivity contribution in [2.75, 3.05) is 6.61 Å². The zero-order valence-electron chi connectivity index (χ0n) is 12.6. The van der Waals surface area contributed by atoms with Crippen molar-refractivity contribution in [2.24, 2.45) is 0 Å². The third-order valence-electron chi connectivity index (χ3n) is 3.46. The number of hydrogen-bond donors (Lipinski definition) is 0. The molecule has 0 spiro atoms. The number of phosphoric acid groups is 1. The summed E-state index contributed by atoms with van der Waals surface area (Å²) in [7, 11) is -3.89. The maximum Gasteiger partial charge on any atom is 0.530 e. The van der Waals surface area contributed by atoms with Gasteiger partial charge in [0.25, 0.3) is 5.69 Å². The van der Waals surface area contributed by atoms with Gasteiger partial charge in [-0.25, -0.2) is 4.57 Å². The molecule has 1 fully saturated rings. The van der Waals surface area contributed by atoms with Crippen LogP contribution in [0.5, 0.6) is 5.75 Å². The summed E-state index contributed by atoms with van der Waals surface area (Å²) in [5.74, 6) is 0.136.